The number of aromatic amines is 1. The van der Waals surface area contributed by atoms with Crippen molar-refractivity contribution in [2.75, 3.05) is 18.4 Å². The van der Waals surface area contributed by atoms with Gasteiger partial charge in [-0.05, 0) is 45.7 Å². The zero-order chi connectivity index (χ0) is 22.6. The average molecular weight is 423 g/mol. The third-order valence-corrected chi connectivity index (χ3v) is 5.49. The van der Waals surface area contributed by atoms with E-state index >= 15 is 0 Å². The second-order valence-electron chi connectivity index (χ2n) is 8.71. The Hall–Kier alpha value is -3.18. The molecule has 1 fully saturated rings. The van der Waals surface area contributed by atoms with Crippen molar-refractivity contribution in [2.24, 2.45) is 0 Å². The molecule has 3 rings (SSSR count). The predicted molar refractivity (Wildman–Crippen MR) is 119 cm³/mol. The number of nitrogens with zero attached hydrogens (tertiary/aromatic N) is 3. The van der Waals surface area contributed by atoms with Gasteiger partial charge in [-0.2, -0.15) is 5.26 Å². The highest BCUT2D eigenvalue weighted by atomic mass is 16.2. The number of amides is 2. The lowest BCUT2D eigenvalue weighted by molar-refractivity contribution is -0.130. The van der Waals surface area contributed by atoms with Gasteiger partial charge in [0.25, 0.3) is 0 Å². The summed E-state index contributed by atoms with van der Waals surface area (Å²) in [5.41, 5.74) is 3.13. The molecule has 1 saturated heterocycles. The molecular formula is C23H30N6O2. The van der Waals surface area contributed by atoms with E-state index in [1.807, 2.05) is 45.0 Å². The van der Waals surface area contributed by atoms with Crippen LogP contribution in [0.2, 0.25) is 0 Å². The maximum absolute atomic E-state index is 12.5. The number of hydrogen-bond acceptors (Lipinski definition) is 5. The first-order chi connectivity index (χ1) is 14.7. The number of anilines is 1. The summed E-state index contributed by atoms with van der Waals surface area (Å²) in [5, 5.41) is 15.3. The first-order valence-corrected chi connectivity index (χ1v) is 10.6. The number of carbonyl (C=O) groups is 2. The van der Waals surface area contributed by atoms with E-state index < -0.39 is 0 Å². The molecule has 0 saturated carbocycles. The minimum Gasteiger partial charge on any atom is -0.342 e. The number of benzene rings is 1. The van der Waals surface area contributed by atoms with Crippen molar-refractivity contribution >= 4 is 17.5 Å². The number of carbonyl (C=O) groups excluding carboxylic acids is 2. The summed E-state index contributed by atoms with van der Waals surface area (Å²) in [5.74, 6) is 0.581. The maximum Gasteiger partial charge on any atom is 0.237 e. The van der Waals surface area contributed by atoms with Crippen molar-refractivity contribution in [3.05, 3.63) is 35.7 Å². The minimum absolute atomic E-state index is 0.0358. The molecule has 164 valence electrons. The first kappa shape index (κ1) is 22.5. The summed E-state index contributed by atoms with van der Waals surface area (Å²) < 4.78 is 0. The summed E-state index contributed by atoms with van der Waals surface area (Å²) in [6.07, 6.45) is 2.27. The van der Waals surface area contributed by atoms with E-state index in [4.69, 9.17) is 4.98 Å². The van der Waals surface area contributed by atoms with Gasteiger partial charge in [-0.3, -0.25) is 9.59 Å². The Morgan fingerprint density at radius 3 is 2.87 bits per heavy atom. The third-order valence-electron chi connectivity index (χ3n) is 5.49. The number of aryl methyl sites for hydroxylation is 1. The number of imidazole rings is 1. The van der Waals surface area contributed by atoms with Gasteiger partial charge < -0.3 is 20.5 Å². The molecular weight excluding hydrogens is 392 g/mol. The smallest absolute Gasteiger partial charge is 0.237 e. The van der Waals surface area contributed by atoms with Gasteiger partial charge in [0, 0.05) is 42.4 Å². The van der Waals surface area contributed by atoms with Crippen LogP contribution in [-0.2, 0) is 16.0 Å². The van der Waals surface area contributed by atoms with Gasteiger partial charge >= 0.3 is 0 Å². The fourth-order valence-electron chi connectivity index (χ4n) is 3.85. The fraction of sp³-hybridized carbons (Fsp3) is 0.478. The molecule has 1 aromatic carbocycles. The number of nitriles is 1. The molecule has 3 N–H and O–H groups in total. The molecule has 1 aromatic heterocycles. The van der Waals surface area contributed by atoms with Crippen LogP contribution in [0.5, 0.6) is 0 Å². The van der Waals surface area contributed by atoms with Crippen LogP contribution < -0.4 is 10.6 Å². The van der Waals surface area contributed by atoms with Gasteiger partial charge in [0.2, 0.25) is 11.8 Å². The minimum atomic E-state index is -0.354. The Balaban J connectivity index is 1.66. The summed E-state index contributed by atoms with van der Waals surface area (Å²) in [6, 6.07) is 9.45. The molecule has 2 heterocycles. The molecule has 8 nitrogen and oxygen atoms in total. The van der Waals surface area contributed by atoms with Crippen LogP contribution >= 0.6 is 0 Å². The Labute approximate surface area is 183 Å². The van der Waals surface area contributed by atoms with Gasteiger partial charge in [0.1, 0.15) is 11.9 Å². The maximum atomic E-state index is 12.5. The van der Waals surface area contributed by atoms with Crippen molar-refractivity contribution in [2.45, 2.75) is 58.5 Å². The zero-order valence-corrected chi connectivity index (χ0v) is 18.6. The fourth-order valence-corrected chi connectivity index (χ4v) is 3.85. The molecule has 0 radical (unpaired) electrons. The van der Waals surface area contributed by atoms with E-state index in [0.717, 1.165) is 41.3 Å². The molecule has 0 spiro atoms. The number of H-pyrrole nitrogens is 1. The molecule has 1 aliphatic heterocycles. The first-order valence-electron chi connectivity index (χ1n) is 10.6. The molecule has 0 aliphatic carbocycles. The molecule has 0 bridgehead atoms. The number of likely N-dealkylation sites (tertiary alicyclic amines) is 1. The largest absolute Gasteiger partial charge is 0.342 e. The quantitative estimate of drug-likeness (QED) is 0.635. The van der Waals surface area contributed by atoms with E-state index in [1.165, 1.54) is 6.92 Å². The van der Waals surface area contributed by atoms with Gasteiger partial charge in [-0.25, -0.2) is 4.98 Å². The molecule has 8 heteroatoms. The standard InChI is InChI=1S/C23H30N6O2/c1-15-20(28-22(26-15)17-7-5-8-18(11-17)27-16(2)30)12-23(3,4)25-14-21(31)29-10-6-9-19(29)13-24/h5,7-8,11,19,25H,6,9-10,12,14H2,1-4H3,(H,26,28)(H,27,30)/t19-/m0/s1. The van der Waals surface area contributed by atoms with Crippen molar-refractivity contribution in [3.63, 3.8) is 0 Å². The predicted octanol–water partition coefficient (Wildman–Crippen LogP) is 2.77. The number of hydrogen-bond donors (Lipinski definition) is 3. The number of rotatable bonds is 7. The molecule has 1 aliphatic rings. The average Bonchev–Trinajstić information content (AvgIpc) is 3.32. The summed E-state index contributed by atoms with van der Waals surface area (Å²) in [7, 11) is 0. The van der Waals surface area contributed by atoms with Crippen LogP contribution in [0.25, 0.3) is 11.4 Å². The van der Waals surface area contributed by atoms with Crippen molar-refractivity contribution in [1.29, 1.82) is 5.26 Å². The third kappa shape index (κ3) is 5.70. The Morgan fingerprint density at radius 1 is 1.39 bits per heavy atom. The second-order valence-corrected chi connectivity index (χ2v) is 8.71. The van der Waals surface area contributed by atoms with Gasteiger partial charge in [-0.15, -0.1) is 0 Å². The summed E-state index contributed by atoms with van der Waals surface area (Å²) in [4.78, 5) is 33.6. The van der Waals surface area contributed by atoms with E-state index in [0.29, 0.717) is 13.0 Å². The van der Waals surface area contributed by atoms with Crippen LogP contribution in [0.4, 0.5) is 5.69 Å². The lowest BCUT2D eigenvalue weighted by Crippen LogP contribution is -2.48. The molecule has 0 unspecified atom stereocenters. The highest BCUT2D eigenvalue weighted by Gasteiger charge is 2.30. The van der Waals surface area contributed by atoms with Gasteiger partial charge in [0.15, 0.2) is 0 Å². The molecule has 2 aromatic rings. The Bertz CT molecular complexity index is 1000. The van der Waals surface area contributed by atoms with E-state index in [2.05, 4.69) is 21.7 Å². The Morgan fingerprint density at radius 2 is 2.16 bits per heavy atom. The van der Waals surface area contributed by atoms with Crippen LogP contribution in [0.3, 0.4) is 0 Å². The van der Waals surface area contributed by atoms with E-state index in [1.54, 1.807) is 4.90 Å². The van der Waals surface area contributed by atoms with Crippen LogP contribution in [0.1, 0.15) is 45.0 Å². The number of aromatic nitrogens is 2. The normalized spacial score (nSPS) is 16.2. The number of nitrogens with one attached hydrogen (secondary N) is 3. The topological polar surface area (TPSA) is 114 Å². The molecule has 1 atom stereocenters. The van der Waals surface area contributed by atoms with Gasteiger partial charge in [-0.1, -0.05) is 12.1 Å². The highest BCUT2D eigenvalue weighted by molar-refractivity contribution is 5.89. The monoisotopic (exact) mass is 422 g/mol. The summed E-state index contributed by atoms with van der Waals surface area (Å²) >= 11 is 0. The Kier molecular flexibility index (Phi) is 6.76. The van der Waals surface area contributed by atoms with Crippen molar-refractivity contribution in [3.8, 4) is 17.5 Å². The van der Waals surface area contributed by atoms with Crippen molar-refractivity contribution in [1.82, 2.24) is 20.2 Å². The van der Waals surface area contributed by atoms with Crippen LogP contribution in [0.15, 0.2) is 24.3 Å². The lowest BCUT2D eigenvalue weighted by Gasteiger charge is -2.28. The van der Waals surface area contributed by atoms with Gasteiger partial charge in [0.05, 0.1) is 18.3 Å². The summed E-state index contributed by atoms with van der Waals surface area (Å²) in [6.45, 7) is 8.38. The SMILES string of the molecule is CC(=O)Nc1cccc(-c2nc(CC(C)(C)NCC(=O)N3CCC[C@H]3C#N)c(C)[nH]2)c1. The van der Waals surface area contributed by atoms with Crippen LogP contribution in [0, 0.1) is 18.3 Å². The lowest BCUT2D eigenvalue weighted by atomic mass is 9.97. The molecule has 2 amide bonds. The molecule has 31 heavy (non-hydrogen) atoms. The van der Waals surface area contributed by atoms with Crippen molar-refractivity contribution < 1.29 is 9.59 Å². The van der Waals surface area contributed by atoms with E-state index in [-0.39, 0.29) is 29.9 Å². The highest BCUT2D eigenvalue weighted by Crippen LogP contribution is 2.24. The zero-order valence-electron chi connectivity index (χ0n) is 18.6. The second kappa shape index (κ2) is 9.31. The van der Waals surface area contributed by atoms with Crippen LogP contribution in [-0.4, -0.2) is 51.4 Å². The van der Waals surface area contributed by atoms with E-state index in [9.17, 15) is 14.9 Å².